The Labute approximate surface area is 102 Å². The van der Waals surface area contributed by atoms with Gasteiger partial charge in [0.15, 0.2) is 0 Å². The lowest BCUT2D eigenvalue weighted by Gasteiger charge is -2.19. The van der Waals surface area contributed by atoms with Crippen LogP contribution >= 0.6 is 0 Å². The first kappa shape index (κ1) is 13.8. The molecule has 0 amide bonds. The SMILES string of the molecule is COc1ccc(F)c(NCCOC(C)(C)C)c1. The summed E-state index contributed by atoms with van der Waals surface area (Å²) in [6, 6.07) is 4.60. The molecule has 0 aromatic heterocycles. The standard InChI is InChI=1S/C13H20FNO2/c1-13(2,3)17-8-7-15-12-9-10(16-4)5-6-11(12)14/h5-6,9,15H,7-8H2,1-4H3. The molecule has 0 atom stereocenters. The highest BCUT2D eigenvalue weighted by atomic mass is 19.1. The monoisotopic (exact) mass is 241 g/mol. The first-order valence-electron chi connectivity index (χ1n) is 5.64. The van der Waals surface area contributed by atoms with Crippen molar-refractivity contribution in [2.45, 2.75) is 26.4 Å². The molecule has 0 saturated heterocycles. The van der Waals surface area contributed by atoms with Crippen LogP contribution < -0.4 is 10.1 Å². The average molecular weight is 241 g/mol. The molecule has 3 nitrogen and oxygen atoms in total. The van der Waals surface area contributed by atoms with Crippen molar-refractivity contribution in [1.82, 2.24) is 0 Å². The molecule has 0 unspecified atom stereocenters. The molecule has 0 saturated carbocycles. The molecule has 17 heavy (non-hydrogen) atoms. The van der Waals surface area contributed by atoms with Gasteiger partial charge in [-0.05, 0) is 32.9 Å². The van der Waals surface area contributed by atoms with E-state index < -0.39 is 0 Å². The molecule has 0 fully saturated rings. The van der Waals surface area contributed by atoms with Gasteiger partial charge in [0.25, 0.3) is 0 Å². The summed E-state index contributed by atoms with van der Waals surface area (Å²) < 4.78 is 24.0. The Hall–Kier alpha value is -1.29. The van der Waals surface area contributed by atoms with Crippen molar-refractivity contribution >= 4 is 5.69 Å². The molecule has 0 heterocycles. The Kier molecular flexibility index (Phi) is 4.75. The summed E-state index contributed by atoms with van der Waals surface area (Å²) >= 11 is 0. The minimum Gasteiger partial charge on any atom is -0.497 e. The van der Waals surface area contributed by atoms with Gasteiger partial charge >= 0.3 is 0 Å². The molecule has 0 aliphatic heterocycles. The molecule has 0 aliphatic rings. The second kappa shape index (κ2) is 5.87. The Bertz CT molecular complexity index is 361. The number of rotatable bonds is 5. The van der Waals surface area contributed by atoms with Crippen LogP contribution in [0.15, 0.2) is 18.2 Å². The molecule has 0 bridgehead atoms. The quantitative estimate of drug-likeness (QED) is 0.804. The van der Waals surface area contributed by atoms with Crippen molar-refractivity contribution in [3.63, 3.8) is 0 Å². The maximum Gasteiger partial charge on any atom is 0.146 e. The van der Waals surface area contributed by atoms with Gasteiger partial charge in [-0.15, -0.1) is 0 Å². The van der Waals surface area contributed by atoms with Crippen LogP contribution in [0.3, 0.4) is 0 Å². The van der Waals surface area contributed by atoms with Gasteiger partial charge in [0.05, 0.1) is 25.0 Å². The third-order valence-electron chi connectivity index (χ3n) is 2.13. The lowest BCUT2D eigenvalue weighted by Crippen LogP contribution is -2.23. The third kappa shape index (κ3) is 5.04. The van der Waals surface area contributed by atoms with Gasteiger partial charge < -0.3 is 14.8 Å². The number of hydrogen-bond acceptors (Lipinski definition) is 3. The van der Waals surface area contributed by atoms with Crippen molar-refractivity contribution in [2.75, 3.05) is 25.6 Å². The van der Waals surface area contributed by atoms with E-state index >= 15 is 0 Å². The lowest BCUT2D eigenvalue weighted by molar-refractivity contribution is 0.00332. The van der Waals surface area contributed by atoms with Crippen molar-refractivity contribution < 1.29 is 13.9 Å². The number of ether oxygens (including phenoxy) is 2. The highest BCUT2D eigenvalue weighted by Gasteiger charge is 2.09. The summed E-state index contributed by atoms with van der Waals surface area (Å²) in [6.45, 7) is 7.04. The van der Waals surface area contributed by atoms with Crippen LogP contribution in [0.2, 0.25) is 0 Å². The van der Waals surface area contributed by atoms with Crippen molar-refractivity contribution in [3.05, 3.63) is 24.0 Å². The number of halogens is 1. The summed E-state index contributed by atoms with van der Waals surface area (Å²) in [6.07, 6.45) is 0. The molecule has 1 aromatic rings. The fourth-order valence-corrected chi connectivity index (χ4v) is 1.31. The predicted molar refractivity (Wildman–Crippen MR) is 67.1 cm³/mol. The molecule has 0 aliphatic carbocycles. The van der Waals surface area contributed by atoms with Gasteiger partial charge in [0, 0.05) is 12.6 Å². The average Bonchev–Trinajstić information content (AvgIpc) is 2.25. The zero-order valence-corrected chi connectivity index (χ0v) is 10.8. The van der Waals surface area contributed by atoms with E-state index in [0.29, 0.717) is 24.6 Å². The largest absolute Gasteiger partial charge is 0.497 e. The Balaban J connectivity index is 2.46. The van der Waals surface area contributed by atoms with E-state index in [-0.39, 0.29) is 11.4 Å². The summed E-state index contributed by atoms with van der Waals surface area (Å²) in [5, 5.41) is 2.98. The van der Waals surface area contributed by atoms with Gasteiger partial charge in [0.2, 0.25) is 0 Å². The predicted octanol–water partition coefficient (Wildman–Crippen LogP) is 3.06. The second-order valence-corrected chi connectivity index (χ2v) is 4.73. The minimum absolute atomic E-state index is 0.172. The van der Waals surface area contributed by atoms with Crippen molar-refractivity contribution in [2.24, 2.45) is 0 Å². The van der Waals surface area contributed by atoms with Crippen LogP contribution in [0.25, 0.3) is 0 Å². The first-order chi connectivity index (χ1) is 7.92. The van der Waals surface area contributed by atoms with E-state index in [2.05, 4.69) is 5.32 Å². The fraction of sp³-hybridized carbons (Fsp3) is 0.538. The van der Waals surface area contributed by atoms with Crippen LogP contribution in [0, 0.1) is 5.82 Å². The topological polar surface area (TPSA) is 30.5 Å². The van der Waals surface area contributed by atoms with Crippen LogP contribution in [0.5, 0.6) is 5.75 Å². The van der Waals surface area contributed by atoms with E-state index in [4.69, 9.17) is 9.47 Å². The molecule has 96 valence electrons. The lowest BCUT2D eigenvalue weighted by atomic mass is 10.2. The highest BCUT2D eigenvalue weighted by molar-refractivity contribution is 5.49. The Morgan fingerprint density at radius 3 is 2.59 bits per heavy atom. The van der Waals surface area contributed by atoms with E-state index in [9.17, 15) is 4.39 Å². The summed E-state index contributed by atoms with van der Waals surface area (Å²) in [4.78, 5) is 0. The molecular formula is C13H20FNO2. The second-order valence-electron chi connectivity index (χ2n) is 4.73. The maximum absolute atomic E-state index is 13.4. The minimum atomic E-state index is -0.290. The maximum atomic E-state index is 13.4. The van der Waals surface area contributed by atoms with Crippen LogP contribution in [0.4, 0.5) is 10.1 Å². The normalized spacial score (nSPS) is 11.4. The van der Waals surface area contributed by atoms with E-state index in [0.717, 1.165) is 0 Å². The number of benzene rings is 1. The summed E-state index contributed by atoms with van der Waals surface area (Å²) in [5.41, 5.74) is 0.260. The van der Waals surface area contributed by atoms with Crippen LogP contribution in [-0.2, 0) is 4.74 Å². The third-order valence-corrected chi connectivity index (χ3v) is 2.13. The van der Waals surface area contributed by atoms with Gasteiger partial charge in [0.1, 0.15) is 11.6 Å². The molecule has 1 rings (SSSR count). The highest BCUT2D eigenvalue weighted by Crippen LogP contribution is 2.20. The van der Waals surface area contributed by atoms with Crippen molar-refractivity contribution in [1.29, 1.82) is 0 Å². The number of nitrogens with one attached hydrogen (secondary N) is 1. The van der Waals surface area contributed by atoms with Gasteiger partial charge in [-0.1, -0.05) is 0 Å². The zero-order chi connectivity index (χ0) is 12.9. The van der Waals surface area contributed by atoms with Crippen LogP contribution in [0.1, 0.15) is 20.8 Å². The van der Waals surface area contributed by atoms with Gasteiger partial charge in [-0.25, -0.2) is 4.39 Å². The molecule has 0 radical (unpaired) electrons. The van der Waals surface area contributed by atoms with E-state index in [1.165, 1.54) is 6.07 Å². The Morgan fingerprint density at radius 2 is 2.00 bits per heavy atom. The molecular weight excluding hydrogens is 221 g/mol. The van der Waals surface area contributed by atoms with Crippen LogP contribution in [-0.4, -0.2) is 25.9 Å². The zero-order valence-electron chi connectivity index (χ0n) is 10.8. The molecule has 1 N–H and O–H groups in total. The Morgan fingerprint density at radius 1 is 1.29 bits per heavy atom. The fourth-order valence-electron chi connectivity index (χ4n) is 1.31. The first-order valence-corrected chi connectivity index (χ1v) is 5.64. The van der Waals surface area contributed by atoms with Crippen molar-refractivity contribution in [3.8, 4) is 5.75 Å². The van der Waals surface area contributed by atoms with E-state index in [1.807, 2.05) is 20.8 Å². The summed E-state index contributed by atoms with van der Waals surface area (Å²) in [5.74, 6) is 0.340. The molecule has 0 spiro atoms. The van der Waals surface area contributed by atoms with Gasteiger partial charge in [-0.3, -0.25) is 0 Å². The van der Waals surface area contributed by atoms with E-state index in [1.54, 1.807) is 19.2 Å². The number of hydrogen-bond donors (Lipinski definition) is 1. The molecule has 4 heteroatoms. The smallest absolute Gasteiger partial charge is 0.146 e. The number of methoxy groups -OCH3 is 1. The molecule has 1 aromatic carbocycles. The number of anilines is 1. The summed E-state index contributed by atoms with van der Waals surface area (Å²) in [7, 11) is 1.56. The van der Waals surface area contributed by atoms with Gasteiger partial charge in [-0.2, -0.15) is 0 Å².